The summed E-state index contributed by atoms with van der Waals surface area (Å²) < 4.78 is 27.5. The molecule has 298 valence electrons. The molecule has 2 N–H and O–H groups in total. The van der Waals surface area contributed by atoms with Crippen molar-refractivity contribution in [1.82, 2.24) is 20.4 Å². The summed E-state index contributed by atoms with van der Waals surface area (Å²) in [7, 11) is 0. The molecule has 4 aliphatic rings. The van der Waals surface area contributed by atoms with E-state index in [-0.39, 0.29) is 59.6 Å². The van der Waals surface area contributed by atoms with E-state index in [0.29, 0.717) is 34.9 Å². The molecule has 5 amide bonds. The van der Waals surface area contributed by atoms with Gasteiger partial charge in [0.1, 0.15) is 24.0 Å². The van der Waals surface area contributed by atoms with Crippen molar-refractivity contribution in [3.63, 3.8) is 0 Å². The summed E-state index contributed by atoms with van der Waals surface area (Å²) in [6.45, 7) is 12.3. The fraction of sp³-hybridized carbons (Fsp3) is 0.429. The molecule has 57 heavy (non-hydrogen) atoms. The number of carbonyl (C=O) groups excluding carboxylic acids is 5. The number of ether oxygens (including phenoxy) is 2. The van der Waals surface area contributed by atoms with Gasteiger partial charge in [-0.3, -0.25) is 39.1 Å². The first kappa shape index (κ1) is 39.7. The Morgan fingerprint density at radius 1 is 0.982 bits per heavy atom. The zero-order valence-electron chi connectivity index (χ0n) is 32.2. The number of hydrogen-bond donors (Lipinski definition) is 2. The maximum Gasteiger partial charge on any atom is 0.265 e. The predicted molar refractivity (Wildman–Crippen MR) is 208 cm³/mol. The van der Waals surface area contributed by atoms with E-state index >= 15 is 4.39 Å². The van der Waals surface area contributed by atoms with E-state index in [4.69, 9.17) is 21.1 Å². The third-order valence-electron chi connectivity index (χ3n) is 11.7. The minimum Gasteiger partial charge on any atom is -0.490 e. The Morgan fingerprint density at radius 3 is 2.33 bits per heavy atom. The number of anilines is 1. The van der Waals surface area contributed by atoms with Gasteiger partial charge in [0.25, 0.3) is 17.7 Å². The first-order valence-corrected chi connectivity index (χ1v) is 19.4. The summed E-state index contributed by atoms with van der Waals surface area (Å²) in [5.41, 5.74) is 0.640. The zero-order chi connectivity index (χ0) is 40.8. The molecule has 7 rings (SSSR count). The predicted octanol–water partition coefficient (Wildman–Crippen LogP) is 4.96. The fourth-order valence-corrected chi connectivity index (χ4v) is 9.16. The molecule has 1 saturated carbocycles. The number of rotatable bonds is 11. The van der Waals surface area contributed by atoms with Crippen molar-refractivity contribution in [2.75, 3.05) is 44.2 Å². The summed E-state index contributed by atoms with van der Waals surface area (Å²) in [5.74, 6) is -3.62. The van der Waals surface area contributed by atoms with Gasteiger partial charge in [0.05, 0.1) is 28.3 Å². The van der Waals surface area contributed by atoms with Crippen LogP contribution in [0.4, 0.5) is 10.1 Å². The monoisotopic (exact) mass is 798 g/mol. The molecule has 1 aliphatic carbocycles. The van der Waals surface area contributed by atoms with Crippen molar-refractivity contribution < 1.29 is 37.8 Å². The molecule has 3 aliphatic heterocycles. The van der Waals surface area contributed by atoms with Gasteiger partial charge < -0.3 is 19.7 Å². The Balaban J connectivity index is 0.859. The van der Waals surface area contributed by atoms with E-state index in [2.05, 4.69) is 54.2 Å². The number of carbonyl (C=O) groups is 5. The van der Waals surface area contributed by atoms with Crippen LogP contribution in [-0.2, 0) is 9.59 Å². The number of benzene rings is 3. The van der Waals surface area contributed by atoms with Gasteiger partial charge in [-0.1, -0.05) is 39.3 Å². The summed E-state index contributed by atoms with van der Waals surface area (Å²) in [6, 6.07) is 16.0. The van der Waals surface area contributed by atoms with E-state index in [1.807, 2.05) is 24.3 Å². The molecule has 3 heterocycles. The molecule has 0 bridgehead atoms. The van der Waals surface area contributed by atoms with Crippen molar-refractivity contribution in [2.45, 2.75) is 65.1 Å². The van der Waals surface area contributed by atoms with Gasteiger partial charge in [0, 0.05) is 73.3 Å². The van der Waals surface area contributed by atoms with Crippen LogP contribution in [0.2, 0.25) is 5.02 Å². The summed E-state index contributed by atoms with van der Waals surface area (Å²) >= 11 is 6.23. The highest BCUT2D eigenvalue weighted by Crippen LogP contribution is 2.55. The van der Waals surface area contributed by atoms with Crippen molar-refractivity contribution in [2.24, 2.45) is 10.8 Å². The third-order valence-corrected chi connectivity index (χ3v) is 12.0. The molecular formula is C42H44ClFN6O7. The first-order valence-electron chi connectivity index (χ1n) is 19.0. The quantitative estimate of drug-likeness (QED) is 0.201. The molecular weight excluding hydrogens is 755 g/mol. The zero-order valence-corrected chi connectivity index (χ0v) is 33.0. The second-order valence-electron chi connectivity index (χ2n) is 16.1. The Bertz CT molecular complexity index is 2160. The largest absolute Gasteiger partial charge is 0.490 e. The van der Waals surface area contributed by atoms with Crippen LogP contribution >= 0.6 is 11.6 Å². The second kappa shape index (κ2) is 15.4. The minimum absolute atomic E-state index is 0.0163. The highest BCUT2D eigenvalue weighted by Gasteiger charge is 2.64. The number of hydrogen-bond acceptors (Lipinski definition) is 10. The van der Waals surface area contributed by atoms with E-state index in [0.717, 1.165) is 36.8 Å². The van der Waals surface area contributed by atoms with Crippen molar-refractivity contribution in [3.05, 3.63) is 87.7 Å². The molecule has 15 heteroatoms. The smallest absolute Gasteiger partial charge is 0.265 e. The Morgan fingerprint density at radius 2 is 1.68 bits per heavy atom. The number of nitrogens with zero attached hydrogens (tertiary/aromatic N) is 4. The topological polar surface area (TPSA) is 161 Å². The lowest BCUT2D eigenvalue weighted by molar-refractivity contribution is -0.164. The van der Waals surface area contributed by atoms with Gasteiger partial charge in [-0.05, 0) is 61.4 Å². The van der Waals surface area contributed by atoms with Crippen molar-refractivity contribution in [1.29, 1.82) is 5.26 Å². The van der Waals surface area contributed by atoms with Crippen LogP contribution in [0.1, 0.15) is 83.6 Å². The fourth-order valence-electron chi connectivity index (χ4n) is 8.94. The molecule has 13 nitrogen and oxygen atoms in total. The lowest BCUT2D eigenvalue weighted by Crippen LogP contribution is -2.74. The van der Waals surface area contributed by atoms with Crippen molar-refractivity contribution in [3.8, 4) is 17.6 Å². The van der Waals surface area contributed by atoms with Gasteiger partial charge in [-0.15, -0.1) is 0 Å². The summed E-state index contributed by atoms with van der Waals surface area (Å²) in [4.78, 5) is 68.6. The number of imide groups is 2. The van der Waals surface area contributed by atoms with E-state index in [9.17, 15) is 29.2 Å². The maximum absolute atomic E-state index is 15.5. The third kappa shape index (κ3) is 7.42. The number of nitriles is 1. The molecule has 0 aromatic heterocycles. The number of piperazine rings is 1. The number of nitrogens with one attached hydrogen (secondary N) is 2. The molecule has 2 saturated heterocycles. The molecule has 1 atom stereocenters. The molecule has 1 unspecified atom stereocenters. The number of piperidine rings is 1. The Labute approximate surface area is 335 Å². The van der Waals surface area contributed by atoms with Gasteiger partial charge in [0.2, 0.25) is 11.8 Å². The highest BCUT2D eigenvalue weighted by atomic mass is 35.5. The normalized spacial score (nSPS) is 22.6. The van der Waals surface area contributed by atoms with Gasteiger partial charge >= 0.3 is 0 Å². The van der Waals surface area contributed by atoms with Crippen LogP contribution in [-0.4, -0.2) is 96.9 Å². The van der Waals surface area contributed by atoms with Gasteiger partial charge in [-0.25, -0.2) is 4.39 Å². The van der Waals surface area contributed by atoms with Gasteiger partial charge in [0.15, 0.2) is 11.6 Å². The van der Waals surface area contributed by atoms with E-state index in [1.165, 1.54) is 12.1 Å². The molecule has 3 fully saturated rings. The molecule has 0 spiro atoms. The highest BCUT2D eigenvalue weighted by molar-refractivity contribution is 6.31. The Kier molecular flexibility index (Phi) is 10.8. The van der Waals surface area contributed by atoms with Crippen LogP contribution < -0.4 is 25.0 Å². The first-order chi connectivity index (χ1) is 27.1. The number of amides is 5. The van der Waals surface area contributed by atoms with Crippen LogP contribution in [0, 0.1) is 28.0 Å². The SMILES string of the molecule is CC1(C)[C@H](NC(=O)c2ccc(N3CCN(CCCOc4ccc5c(c4F)C(=O)N(C4CCC(=O)NC4=O)C5=O)CC3)cc2)C(C)(C)[C@H]1Oc1ccc(C#N)c(Cl)c1. The number of fused-ring (bicyclic) bond motifs is 1. The lowest BCUT2D eigenvalue weighted by Gasteiger charge is -2.63. The average Bonchev–Trinajstić information content (AvgIpc) is 3.44. The van der Waals surface area contributed by atoms with Crippen LogP contribution in [0.3, 0.4) is 0 Å². The molecule has 3 aromatic rings. The molecule has 3 aromatic carbocycles. The van der Waals surface area contributed by atoms with E-state index < -0.39 is 41.1 Å². The lowest BCUT2D eigenvalue weighted by atomic mass is 9.49. The number of halogens is 2. The molecule has 0 radical (unpaired) electrons. The summed E-state index contributed by atoms with van der Waals surface area (Å²) in [6.07, 6.45) is 0.349. The minimum atomic E-state index is -1.18. The standard InChI is InChI=1S/C42H44ClFN6O7/c1-41(2)39(42(3,4)40(41)57-27-11-8-25(23-45)29(43)22-27)47-35(52)24-6-9-26(10-7-24)49-19-17-48(18-20-49)16-5-21-56-31-14-12-28-33(34(31)44)38(55)50(37(28)54)30-13-15-32(51)46-36(30)53/h6-12,14,22,30,39-40H,5,13,15-21H2,1-4H3,(H,47,52)(H,46,51,53)/t30?,39-,40-. The second-order valence-corrected chi connectivity index (χ2v) is 16.5. The average molecular weight is 799 g/mol. The summed E-state index contributed by atoms with van der Waals surface area (Å²) in [5, 5.41) is 14.9. The van der Waals surface area contributed by atoms with Crippen molar-refractivity contribution >= 4 is 46.8 Å². The van der Waals surface area contributed by atoms with Crippen LogP contribution in [0.5, 0.6) is 11.5 Å². The van der Waals surface area contributed by atoms with E-state index in [1.54, 1.807) is 18.2 Å². The Hall–Kier alpha value is -5.52. The van der Waals surface area contributed by atoms with Crippen LogP contribution in [0.15, 0.2) is 54.6 Å². The van der Waals surface area contributed by atoms with Crippen LogP contribution in [0.25, 0.3) is 0 Å². The van der Waals surface area contributed by atoms with Gasteiger partial charge in [-0.2, -0.15) is 5.26 Å². The maximum atomic E-state index is 15.5.